The molecule has 1 atom stereocenters. The third kappa shape index (κ3) is 1.61. The van der Waals surface area contributed by atoms with Crippen molar-refractivity contribution in [2.75, 3.05) is 13.1 Å². The summed E-state index contributed by atoms with van der Waals surface area (Å²) in [6.45, 7) is 4.39. The molecule has 1 aliphatic rings. The van der Waals surface area contributed by atoms with Crippen LogP contribution in [-0.4, -0.2) is 22.7 Å². The standard InChI is InChI=1S/C13H17N3/c1-10-4-6-16-13(7-10)12(9-15-16)11-3-2-5-14-8-11/h4,6-7,9,11,14H,2-3,5,8H2,1H3. The van der Waals surface area contributed by atoms with Crippen LogP contribution in [0.3, 0.4) is 0 Å². The molecule has 2 aromatic heterocycles. The van der Waals surface area contributed by atoms with E-state index in [2.05, 4.69) is 29.5 Å². The van der Waals surface area contributed by atoms with E-state index < -0.39 is 0 Å². The summed E-state index contributed by atoms with van der Waals surface area (Å²) in [4.78, 5) is 0. The lowest BCUT2D eigenvalue weighted by Gasteiger charge is -2.22. The predicted molar refractivity (Wildman–Crippen MR) is 64.8 cm³/mol. The largest absolute Gasteiger partial charge is 0.316 e. The normalized spacial score (nSPS) is 21.4. The van der Waals surface area contributed by atoms with Crippen LogP contribution in [0.2, 0.25) is 0 Å². The van der Waals surface area contributed by atoms with Crippen molar-refractivity contribution < 1.29 is 0 Å². The zero-order chi connectivity index (χ0) is 11.0. The fourth-order valence-electron chi connectivity index (χ4n) is 2.54. The van der Waals surface area contributed by atoms with Gasteiger partial charge in [-0.3, -0.25) is 0 Å². The highest BCUT2D eigenvalue weighted by Gasteiger charge is 2.18. The van der Waals surface area contributed by atoms with Gasteiger partial charge in [0.05, 0.1) is 11.7 Å². The second-order valence-electron chi connectivity index (χ2n) is 4.68. The van der Waals surface area contributed by atoms with Crippen LogP contribution in [0, 0.1) is 6.92 Å². The maximum atomic E-state index is 4.42. The number of aromatic nitrogens is 2. The van der Waals surface area contributed by atoms with Gasteiger partial charge in [0.15, 0.2) is 0 Å². The third-order valence-corrected chi connectivity index (χ3v) is 3.44. The zero-order valence-electron chi connectivity index (χ0n) is 9.61. The number of aryl methyl sites for hydroxylation is 1. The van der Waals surface area contributed by atoms with Crippen LogP contribution in [-0.2, 0) is 0 Å². The van der Waals surface area contributed by atoms with E-state index in [9.17, 15) is 0 Å². The summed E-state index contributed by atoms with van der Waals surface area (Å²) >= 11 is 0. The Morgan fingerprint density at radius 2 is 2.44 bits per heavy atom. The van der Waals surface area contributed by atoms with E-state index in [0.717, 1.165) is 13.1 Å². The van der Waals surface area contributed by atoms with Gasteiger partial charge in [-0.05, 0) is 44.0 Å². The van der Waals surface area contributed by atoms with Gasteiger partial charge in [-0.1, -0.05) is 0 Å². The van der Waals surface area contributed by atoms with Crippen LogP contribution in [0.4, 0.5) is 0 Å². The molecule has 0 spiro atoms. The molecule has 1 N–H and O–H groups in total. The number of hydrogen-bond donors (Lipinski definition) is 1. The van der Waals surface area contributed by atoms with Crippen molar-refractivity contribution in [2.24, 2.45) is 0 Å². The molecule has 0 amide bonds. The number of nitrogens with one attached hydrogen (secondary N) is 1. The van der Waals surface area contributed by atoms with E-state index >= 15 is 0 Å². The van der Waals surface area contributed by atoms with Crippen molar-refractivity contribution in [3.8, 4) is 0 Å². The minimum Gasteiger partial charge on any atom is -0.316 e. The van der Waals surface area contributed by atoms with Crippen LogP contribution in [0.5, 0.6) is 0 Å². The van der Waals surface area contributed by atoms with Gasteiger partial charge >= 0.3 is 0 Å². The summed E-state index contributed by atoms with van der Waals surface area (Å²) in [5.74, 6) is 0.632. The molecule has 2 aromatic rings. The summed E-state index contributed by atoms with van der Waals surface area (Å²) in [6.07, 6.45) is 6.63. The first-order valence-corrected chi connectivity index (χ1v) is 5.99. The molecule has 3 nitrogen and oxygen atoms in total. The number of fused-ring (bicyclic) bond motifs is 1. The Bertz CT molecular complexity index is 495. The number of piperidine rings is 1. The molecular formula is C13H17N3. The topological polar surface area (TPSA) is 29.3 Å². The average molecular weight is 215 g/mol. The van der Waals surface area contributed by atoms with Gasteiger partial charge < -0.3 is 5.32 Å². The van der Waals surface area contributed by atoms with E-state index in [4.69, 9.17) is 0 Å². The number of pyridine rings is 1. The van der Waals surface area contributed by atoms with Crippen LogP contribution in [0.15, 0.2) is 24.5 Å². The molecule has 1 fully saturated rings. The molecule has 1 saturated heterocycles. The maximum absolute atomic E-state index is 4.42. The van der Waals surface area contributed by atoms with E-state index in [0.29, 0.717) is 5.92 Å². The van der Waals surface area contributed by atoms with E-state index in [1.165, 1.54) is 29.5 Å². The molecule has 16 heavy (non-hydrogen) atoms. The van der Waals surface area contributed by atoms with E-state index in [1.807, 2.05) is 16.9 Å². The van der Waals surface area contributed by atoms with Gasteiger partial charge in [0.25, 0.3) is 0 Å². The Kier molecular flexibility index (Phi) is 2.40. The summed E-state index contributed by atoms with van der Waals surface area (Å²) < 4.78 is 1.98. The van der Waals surface area contributed by atoms with Gasteiger partial charge in [0, 0.05) is 24.2 Å². The second-order valence-corrected chi connectivity index (χ2v) is 4.68. The fourth-order valence-corrected chi connectivity index (χ4v) is 2.54. The van der Waals surface area contributed by atoms with E-state index in [1.54, 1.807) is 0 Å². The van der Waals surface area contributed by atoms with Gasteiger partial charge in [-0.15, -0.1) is 0 Å². The van der Waals surface area contributed by atoms with Crippen molar-refractivity contribution in [1.29, 1.82) is 0 Å². The fraction of sp³-hybridized carbons (Fsp3) is 0.462. The van der Waals surface area contributed by atoms with Crippen molar-refractivity contribution in [3.63, 3.8) is 0 Å². The highest BCUT2D eigenvalue weighted by atomic mass is 15.2. The number of nitrogens with zero attached hydrogens (tertiary/aromatic N) is 2. The first-order valence-electron chi connectivity index (χ1n) is 5.99. The Morgan fingerprint density at radius 1 is 1.50 bits per heavy atom. The maximum Gasteiger partial charge on any atom is 0.0699 e. The lowest BCUT2D eigenvalue weighted by atomic mass is 9.92. The van der Waals surface area contributed by atoms with Gasteiger partial charge in [-0.2, -0.15) is 5.10 Å². The quantitative estimate of drug-likeness (QED) is 0.789. The molecule has 3 rings (SSSR count). The molecule has 84 valence electrons. The first-order chi connectivity index (χ1) is 7.84. The molecule has 0 aliphatic carbocycles. The predicted octanol–water partition coefficient (Wildman–Crippen LogP) is 2.11. The molecule has 1 aliphatic heterocycles. The highest BCUT2D eigenvalue weighted by molar-refractivity contribution is 5.56. The molecule has 1 unspecified atom stereocenters. The Hall–Kier alpha value is -1.35. The Morgan fingerprint density at radius 3 is 3.25 bits per heavy atom. The smallest absolute Gasteiger partial charge is 0.0699 e. The Labute approximate surface area is 95.5 Å². The SMILES string of the molecule is Cc1ccn2ncc(C3CCCNC3)c2c1. The van der Waals surface area contributed by atoms with Crippen molar-refractivity contribution in [1.82, 2.24) is 14.9 Å². The van der Waals surface area contributed by atoms with Crippen LogP contribution >= 0.6 is 0 Å². The third-order valence-electron chi connectivity index (χ3n) is 3.44. The highest BCUT2D eigenvalue weighted by Crippen LogP contribution is 2.26. The lowest BCUT2D eigenvalue weighted by molar-refractivity contribution is 0.463. The van der Waals surface area contributed by atoms with Gasteiger partial charge in [0.1, 0.15) is 0 Å². The summed E-state index contributed by atoms with van der Waals surface area (Å²) in [7, 11) is 0. The molecule has 0 aromatic carbocycles. The van der Waals surface area contributed by atoms with Crippen molar-refractivity contribution in [3.05, 3.63) is 35.7 Å². The number of rotatable bonds is 1. The molecular weight excluding hydrogens is 198 g/mol. The zero-order valence-corrected chi connectivity index (χ0v) is 9.61. The minimum absolute atomic E-state index is 0.632. The van der Waals surface area contributed by atoms with Gasteiger partial charge in [-0.25, -0.2) is 4.52 Å². The number of hydrogen-bond acceptors (Lipinski definition) is 2. The summed E-state index contributed by atoms with van der Waals surface area (Å²) in [6, 6.07) is 4.33. The molecule has 0 saturated carbocycles. The molecule has 3 heteroatoms. The average Bonchev–Trinajstić information content (AvgIpc) is 2.73. The summed E-state index contributed by atoms with van der Waals surface area (Å²) in [5.41, 5.74) is 3.97. The van der Waals surface area contributed by atoms with Crippen molar-refractivity contribution >= 4 is 5.52 Å². The Balaban J connectivity index is 2.05. The van der Waals surface area contributed by atoms with Crippen LogP contribution in [0.25, 0.3) is 5.52 Å². The molecule has 0 radical (unpaired) electrons. The molecule has 0 bridgehead atoms. The lowest BCUT2D eigenvalue weighted by Crippen LogP contribution is -2.28. The minimum atomic E-state index is 0.632. The second kappa shape index (κ2) is 3.91. The van der Waals surface area contributed by atoms with Crippen LogP contribution < -0.4 is 5.32 Å². The van der Waals surface area contributed by atoms with E-state index in [-0.39, 0.29) is 0 Å². The van der Waals surface area contributed by atoms with Crippen molar-refractivity contribution in [2.45, 2.75) is 25.7 Å². The van der Waals surface area contributed by atoms with Gasteiger partial charge in [0.2, 0.25) is 0 Å². The monoisotopic (exact) mass is 215 g/mol. The first kappa shape index (κ1) is 9.85. The summed E-state index contributed by atoms with van der Waals surface area (Å²) in [5, 5.41) is 7.89. The van der Waals surface area contributed by atoms with Crippen LogP contribution in [0.1, 0.15) is 29.9 Å². The molecule has 3 heterocycles.